The van der Waals surface area contributed by atoms with Gasteiger partial charge in [-0.05, 0) is 13.0 Å². The summed E-state index contributed by atoms with van der Waals surface area (Å²) in [5.41, 5.74) is 0.719. The smallest absolute Gasteiger partial charge is 0.239 e. The second kappa shape index (κ2) is 2.81. The number of halogens is 1. The van der Waals surface area contributed by atoms with Gasteiger partial charge in [-0.25, -0.2) is 4.98 Å². The summed E-state index contributed by atoms with van der Waals surface area (Å²) in [6, 6.07) is 1.56. The molecule has 0 bridgehead atoms. The number of nitrogens with zero attached hydrogens (tertiary/aromatic N) is 3. The minimum Gasteiger partial charge on any atom is -0.492 e. The predicted molar refractivity (Wildman–Crippen MR) is 48.7 cm³/mol. The number of pyridine rings is 1. The molecule has 2 aromatic rings. The van der Waals surface area contributed by atoms with Crippen molar-refractivity contribution in [3.05, 3.63) is 23.1 Å². The lowest BCUT2D eigenvalue weighted by molar-refractivity contribution is 0.451. The Morgan fingerprint density at radius 3 is 2.85 bits per heavy atom. The molecule has 0 fully saturated rings. The van der Waals surface area contributed by atoms with Gasteiger partial charge in [0, 0.05) is 11.6 Å². The van der Waals surface area contributed by atoms with Gasteiger partial charge in [-0.2, -0.15) is 5.10 Å². The Kier molecular flexibility index (Phi) is 1.77. The summed E-state index contributed by atoms with van der Waals surface area (Å²) >= 11 is 5.67. The first-order chi connectivity index (χ1) is 6.18. The number of rotatable bonds is 0. The van der Waals surface area contributed by atoms with Gasteiger partial charge < -0.3 is 5.11 Å². The summed E-state index contributed by atoms with van der Waals surface area (Å²) in [6.45, 7) is 1.80. The van der Waals surface area contributed by atoms with Crippen LogP contribution < -0.4 is 0 Å². The lowest BCUT2D eigenvalue weighted by atomic mass is 10.2. The van der Waals surface area contributed by atoms with Crippen molar-refractivity contribution in [3.63, 3.8) is 0 Å². The summed E-state index contributed by atoms with van der Waals surface area (Å²) in [6.07, 6.45) is 1.57. The third-order valence-electron chi connectivity index (χ3n) is 1.80. The van der Waals surface area contributed by atoms with Crippen molar-refractivity contribution in [3.8, 4) is 5.88 Å². The van der Waals surface area contributed by atoms with Crippen LogP contribution in [0.15, 0.2) is 12.3 Å². The van der Waals surface area contributed by atoms with E-state index >= 15 is 0 Å². The van der Waals surface area contributed by atoms with Gasteiger partial charge in [0.1, 0.15) is 5.15 Å². The SMILES string of the molecule is Cc1nnc(O)c2cc(Cl)ncc12. The van der Waals surface area contributed by atoms with Crippen molar-refractivity contribution in [2.45, 2.75) is 6.92 Å². The zero-order valence-electron chi connectivity index (χ0n) is 6.82. The summed E-state index contributed by atoms with van der Waals surface area (Å²) in [5.74, 6) is -0.120. The maximum Gasteiger partial charge on any atom is 0.239 e. The fraction of sp³-hybridized carbons (Fsp3) is 0.125. The highest BCUT2D eigenvalue weighted by Gasteiger charge is 2.05. The molecule has 0 saturated heterocycles. The molecule has 0 spiro atoms. The van der Waals surface area contributed by atoms with Gasteiger partial charge in [0.25, 0.3) is 0 Å². The number of aromatic nitrogens is 3. The molecule has 4 nitrogen and oxygen atoms in total. The van der Waals surface area contributed by atoms with Crippen LogP contribution in [0.1, 0.15) is 5.69 Å². The Labute approximate surface area is 79.2 Å². The number of hydrogen-bond donors (Lipinski definition) is 1. The van der Waals surface area contributed by atoms with Crippen molar-refractivity contribution in [1.29, 1.82) is 0 Å². The molecule has 0 unspecified atom stereocenters. The molecule has 66 valence electrons. The van der Waals surface area contributed by atoms with Gasteiger partial charge in [0.05, 0.1) is 11.1 Å². The lowest BCUT2D eigenvalue weighted by Crippen LogP contribution is -1.90. The topological polar surface area (TPSA) is 58.9 Å². The molecule has 0 aliphatic carbocycles. The van der Waals surface area contributed by atoms with E-state index in [1.807, 2.05) is 0 Å². The van der Waals surface area contributed by atoms with E-state index in [2.05, 4.69) is 15.2 Å². The first-order valence-electron chi connectivity index (χ1n) is 3.66. The van der Waals surface area contributed by atoms with Crippen LogP contribution in [0.25, 0.3) is 10.8 Å². The van der Waals surface area contributed by atoms with Gasteiger partial charge in [-0.3, -0.25) is 0 Å². The molecule has 2 heterocycles. The molecule has 2 aromatic heterocycles. The van der Waals surface area contributed by atoms with Crippen LogP contribution in [-0.4, -0.2) is 20.3 Å². The third kappa shape index (κ3) is 1.29. The third-order valence-corrected chi connectivity index (χ3v) is 2.00. The molecule has 0 aliphatic rings. The van der Waals surface area contributed by atoms with E-state index in [1.54, 1.807) is 19.2 Å². The number of hydrogen-bond acceptors (Lipinski definition) is 4. The van der Waals surface area contributed by atoms with E-state index in [9.17, 15) is 5.11 Å². The Morgan fingerprint density at radius 2 is 2.08 bits per heavy atom. The first kappa shape index (κ1) is 8.19. The quantitative estimate of drug-likeness (QED) is 0.650. The second-order valence-electron chi connectivity index (χ2n) is 2.66. The van der Waals surface area contributed by atoms with Gasteiger partial charge >= 0.3 is 0 Å². The normalized spacial score (nSPS) is 10.6. The highest BCUT2D eigenvalue weighted by molar-refractivity contribution is 6.30. The van der Waals surface area contributed by atoms with Gasteiger partial charge in [0.15, 0.2) is 0 Å². The second-order valence-corrected chi connectivity index (χ2v) is 3.05. The van der Waals surface area contributed by atoms with E-state index in [0.717, 1.165) is 11.1 Å². The van der Waals surface area contributed by atoms with Gasteiger partial charge in [-0.15, -0.1) is 5.10 Å². The van der Waals surface area contributed by atoms with Crippen LogP contribution >= 0.6 is 11.6 Å². The largest absolute Gasteiger partial charge is 0.492 e. The molecule has 2 rings (SSSR count). The molecule has 0 atom stereocenters. The fourth-order valence-corrected chi connectivity index (χ4v) is 1.29. The molecule has 13 heavy (non-hydrogen) atoms. The van der Waals surface area contributed by atoms with Crippen molar-refractivity contribution >= 4 is 22.4 Å². The summed E-state index contributed by atoms with van der Waals surface area (Å²) in [5, 5.41) is 18.3. The standard InChI is InChI=1S/C8H6ClN3O/c1-4-6-3-10-7(9)2-5(6)8(13)12-11-4/h2-3H,1H3,(H,12,13). The van der Waals surface area contributed by atoms with E-state index in [4.69, 9.17) is 11.6 Å². The zero-order chi connectivity index (χ0) is 9.42. The average molecular weight is 196 g/mol. The molecule has 0 amide bonds. The Balaban J connectivity index is 2.92. The maximum absolute atomic E-state index is 9.36. The van der Waals surface area contributed by atoms with E-state index in [0.29, 0.717) is 10.5 Å². The van der Waals surface area contributed by atoms with Crippen LogP contribution in [0.3, 0.4) is 0 Å². The Bertz CT molecular complexity index is 472. The molecule has 0 saturated carbocycles. The zero-order valence-corrected chi connectivity index (χ0v) is 7.58. The molecule has 0 aliphatic heterocycles. The summed E-state index contributed by atoms with van der Waals surface area (Å²) < 4.78 is 0. The van der Waals surface area contributed by atoms with Crippen LogP contribution in [0.4, 0.5) is 0 Å². The van der Waals surface area contributed by atoms with Crippen molar-refractivity contribution < 1.29 is 5.11 Å². The highest BCUT2D eigenvalue weighted by atomic mass is 35.5. The van der Waals surface area contributed by atoms with Crippen molar-refractivity contribution in [1.82, 2.24) is 15.2 Å². The first-order valence-corrected chi connectivity index (χ1v) is 4.04. The average Bonchev–Trinajstić information content (AvgIpc) is 2.12. The van der Waals surface area contributed by atoms with E-state index < -0.39 is 0 Å². The molecular formula is C8H6ClN3O. The monoisotopic (exact) mass is 195 g/mol. The minimum atomic E-state index is -0.120. The number of aryl methyl sites for hydroxylation is 1. The van der Waals surface area contributed by atoms with Gasteiger partial charge in [-0.1, -0.05) is 11.6 Å². The van der Waals surface area contributed by atoms with E-state index in [1.165, 1.54) is 0 Å². The summed E-state index contributed by atoms with van der Waals surface area (Å²) in [7, 11) is 0. The van der Waals surface area contributed by atoms with Crippen molar-refractivity contribution in [2.75, 3.05) is 0 Å². The highest BCUT2D eigenvalue weighted by Crippen LogP contribution is 2.24. The summed E-state index contributed by atoms with van der Waals surface area (Å²) in [4.78, 5) is 3.90. The molecular weight excluding hydrogens is 190 g/mol. The molecule has 5 heteroatoms. The maximum atomic E-state index is 9.36. The van der Waals surface area contributed by atoms with E-state index in [-0.39, 0.29) is 5.88 Å². The number of fused-ring (bicyclic) bond motifs is 1. The predicted octanol–water partition coefficient (Wildman–Crippen LogP) is 1.69. The molecule has 1 N–H and O–H groups in total. The van der Waals surface area contributed by atoms with Crippen LogP contribution in [0, 0.1) is 6.92 Å². The van der Waals surface area contributed by atoms with Crippen LogP contribution in [-0.2, 0) is 0 Å². The fourth-order valence-electron chi connectivity index (χ4n) is 1.13. The van der Waals surface area contributed by atoms with Crippen molar-refractivity contribution in [2.24, 2.45) is 0 Å². The van der Waals surface area contributed by atoms with Crippen LogP contribution in [0.5, 0.6) is 5.88 Å². The Morgan fingerprint density at radius 1 is 1.31 bits per heavy atom. The van der Waals surface area contributed by atoms with Crippen LogP contribution in [0.2, 0.25) is 5.15 Å². The molecule has 0 aromatic carbocycles. The lowest BCUT2D eigenvalue weighted by Gasteiger charge is -2.01. The minimum absolute atomic E-state index is 0.120. The Hall–Kier alpha value is -1.42. The number of aromatic hydroxyl groups is 1. The molecule has 0 radical (unpaired) electrons. The van der Waals surface area contributed by atoms with Gasteiger partial charge in [0.2, 0.25) is 5.88 Å².